The minimum absolute atomic E-state index is 0.289. The van der Waals surface area contributed by atoms with Crippen LogP contribution < -0.4 is 10.6 Å². The van der Waals surface area contributed by atoms with Gasteiger partial charge in [0.05, 0.1) is 5.69 Å². The molecule has 2 aromatic carbocycles. The third kappa shape index (κ3) is 7.01. The van der Waals surface area contributed by atoms with Gasteiger partial charge in [0.15, 0.2) is 0 Å². The van der Waals surface area contributed by atoms with Crippen LogP contribution in [0.5, 0.6) is 5.75 Å². The van der Waals surface area contributed by atoms with Crippen molar-refractivity contribution in [3.63, 3.8) is 0 Å². The average Bonchev–Trinajstić information content (AvgIpc) is 2.81. The summed E-state index contributed by atoms with van der Waals surface area (Å²) >= 11 is 0. The summed E-state index contributed by atoms with van der Waals surface area (Å²) in [5.41, 5.74) is 4.52. The molecule has 0 bridgehead atoms. The van der Waals surface area contributed by atoms with Gasteiger partial charge in [-0.05, 0) is 54.2 Å². The molecule has 1 saturated heterocycles. The van der Waals surface area contributed by atoms with Crippen molar-refractivity contribution in [1.82, 2.24) is 20.2 Å². The number of anilines is 1. The van der Waals surface area contributed by atoms with Gasteiger partial charge in [0.2, 0.25) is 5.95 Å². The molecule has 0 saturated carbocycles. The molecule has 33 heavy (non-hydrogen) atoms. The van der Waals surface area contributed by atoms with Crippen LogP contribution in [0.4, 0.5) is 5.95 Å². The maximum absolute atomic E-state index is 9.41. The molecule has 2 heterocycles. The van der Waals surface area contributed by atoms with Gasteiger partial charge in [-0.2, -0.15) is 0 Å². The smallest absolute Gasteiger partial charge is 0.223 e. The zero-order chi connectivity index (χ0) is 23.0. The van der Waals surface area contributed by atoms with E-state index >= 15 is 0 Å². The monoisotopic (exact) mass is 445 g/mol. The predicted octanol–water partition coefficient (Wildman–Crippen LogP) is 4.32. The first kappa shape index (κ1) is 23.2. The Kier molecular flexibility index (Phi) is 7.92. The van der Waals surface area contributed by atoms with Gasteiger partial charge in [-0.1, -0.05) is 44.2 Å². The second kappa shape index (κ2) is 11.3. The summed E-state index contributed by atoms with van der Waals surface area (Å²) in [5.74, 6) is 1.64. The zero-order valence-electron chi connectivity index (χ0n) is 19.7. The molecule has 6 heteroatoms. The minimum atomic E-state index is 0.289. The van der Waals surface area contributed by atoms with Crippen LogP contribution in [-0.2, 0) is 13.0 Å². The van der Waals surface area contributed by atoms with Crippen LogP contribution in [0, 0.1) is 5.92 Å². The molecule has 0 radical (unpaired) electrons. The van der Waals surface area contributed by atoms with Gasteiger partial charge >= 0.3 is 0 Å². The third-order valence-electron chi connectivity index (χ3n) is 6.01. The highest BCUT2D eigenvalue weighted by Gasteiger charge is 2.20. The zero-order valence-corrected chi connectivity index (χ0v) is 19.7. The number of benzene rings is 2. The van der Waals surface area contributed by atoms with E-state index in [9.17, 15) is 5.11 Å². The standard InChI is InChI=1S/C27H35N5O/c1-20(2)16-24-19-32(15-14-28-24)18-22-4-3-5-23(17-22)26-11-13-30-27(31-26)29-12-10-21-6-8-25(33)9-7-21/h3-9,11,13,17,20,24,28,33H,10,12,14-16,18-19H2,1-2H3,(H,29,30,31)/t24-/m0/s1. The van der Waals surface area contributed by atoms with E-state index in [0.717, 1.165) is 56.0 Å². The van der Waals surface area contributed by atoms with Crippen LogP contribution in [0.15, 0.2) is 60.8 Å². The van der Waals surface area contributed by atoms with E-state index < -0.39 is 0 Å². The van der Waals surface area contributed by atoms with Gasteiger partial charge in [-0.3, -0.25) is 4.90 Å². The van der Waals surface area contributed by atoms with Crippen molar-refractivity contribution >= 4 is 5.95 Å². The molecule has 0 amide bonds. The molecular formula is C27H35N5O. The van der Waals surface area contributed by atoms with Gasteiger partial charge in [0, 0.05) is 50.5 Å². The molecule has 174 valence electrons. The van der Waals surface area contributed by atoms with E-state index in [1.54, 1.807) is 12.1 Å². The topological polar surface area (TPSA) is 73.3 Å². The Labute approximate surface area is 197 Å². The molecule has 6 nitrogen and oxygen atoms in total. The summed E-state index contributed by atoms with van der Waals surface area (Å²) in [7, 11) is 0. The quantitative estimate of drug-likeness (QED) is 0.455. The normalized spacial score (nSPS) is 16.8. The lowest BCUT2D eigenvalue weighted by atomic mass is 10.0. The lowest BCUT2D eigenvalue weighted by Gasteiger charge is -2.34. The number of nitrogens with zero attached hydrogens (tertiary/aromatic N) is 3. The summed E-state index contributed by atoms with van der Waals surface area (Å²) in [6.07, 6.45) is 3.87. The molecule has 1 aliphatic heterocycles. The summed E-state index contributed by atoms with van der Waals surface area (Å²) in [6, 6.07) is 18.5. The molecule has 0 aliphatic carbocycles. The Balaban J connectivity index is 1.36. The Morgan fingerprint density at radius 1 is 1.12 bits per heavy atom. The molecule has 4 rings (SSSR count). The fourth-order valence-electron chi connectivity index (χ4n) is 4.44. The highest BCUT2D eigenvalue weighted by molar-refractivity contribution is 5.61. The van der Waals surface area contributed by atoms with Crippen molar-refractivity contribution in [3.8, 4) is 17.0 Å². The van der Waals surface area contributed by atoms with Gasteiger partial charge in [0.1, 0.15) is 5.75 Å². The van der Waals surface area contributed by atoms with Crippen molar-refractivity contribution in [2.45, 2.75) is 39.3 Å². The average molecular weight is 446 g/mol. The number of phenolic OH excluding ortho intramolecular Hbond substituents is 1. The number of aromatic hydroxyl groups is 1. The Morgan fingerprint density at radius 2 is 1.97 bits per heavy atom. The molecule has 1 fully saturated rings. The Bertz CT molecular complexity index is 1020. The first-order valence-corrected chi connectivity index (χ1v) is 11.9. The Hall–Kier alpha value is -2.96. The van der Waals surface area contributed by atoms with Crippen LogP contribution >= 0.6 is 0 Å². The molecule has 0 spiro atoms. The number of nitrogens with one attached hydrogen (secondary N) is 2. The molecule has 0 unspecified atom stereocenters. The number of rotatable bonds is 9. The molecule has 1 aromatic heterocycles. The summed E-state index contributed by atoms with van der Waals surface area (Å²) in [6.45, 7) is 9.53. The summed E-state index contributed by atoms with van der Waals surface area (Å²) in [4.78, 5) is 11.7. The number of hydrogen-bond donors (Lipinski definition) is 3. The van der Waals surface area contributed by atoms with Crippen molar-refractivity contribution in [2.24, 2.45) is 5.92 Å². The first-order chi connectivity index (χ1) is 16.0. The van der Waals surface area contributed by atoms with E-state index in [0.29, 0.717) is 17.9 Å². The van der Waals surface area contributed by atoms with E-state index in [1.165, 1.54) is 12.0 Å². The Morgan fingerprint density at radius 3 is 2.79 bits per heavy atom. The maximum Gasteiger partial charge on any atom is 0.223 e. The highest BCUT2D eigenvalue weighted by Crippen LogP contribution is 2.21. The predicted molar refractivity (Wildman–Crippen MR) is 134 cm³/mol. The molecular weight excluding hydrogens is 410 g/mol. The van der Waals surface area contributed by atoms with Crippen molar-refractivity contribution in [2.75, 3.05) is 31.5 Å². The van der Waals surface area contributed by atoms with Gasteiger partial charge < -0.3 is 15.7 Å². The summed E-state index contributed by atoms with van der Waals surface area (Å²) in [5, 5.41) is 16.4. The molecule has 1 aliphatic rings. The second-order valence-corrected chi connectivity index (χ2v) is 9.32. The van der Waals surface area contributed by atoms with Crippen LogP contribution in [0.3, 0.4) is 0 Å². The van der Waals surface area contributed by atoms with Gasteiger partial charge in [-0.25, -0.2) is 9.97 Å². The lowest BCUT2D eigenvalue weighted by Crippen LogP contribution is -2.50. The highest BCUT2D eigenvalue weighted by atomic mass is 16.3. The van der Waals surface area contributed by atoms with E-state index in [1.807, 2.05) is 24.4 Å². The fourth-order valence-corrected chi connectivity index (χ4v) is 4.44. The van der Waals surface area contributed by atoms with Crippen molar-refractivity contribution in [1.29, 1.82) is 0 Å². The van der Waals surface area contributed by atoms with Crippen LogP contribution in [0.2, 0.25) is 0 Å². The fraction of sp³-hybridized carbons (Fsp3) is 0.407. The maximum atomic E-state index is 9.41. The van der Waals surface area contributed by atoms with E-state index in [4.69, 9.17) is 4.98 Å². The molecule has 1 atom stereocenters. The molecule has 3 N–H and O–H groups in total. The number of aromatic nitrogens is 2. The van der Waals surface area contributed by atoms with Crippen molar-refractivity contribution in [3.05, 3.63) is 71.9 Å². The van der Waals surface area contributed by atoms with Crippen LogP contribution in [-0.4, -0.2) is 52.2 Å². The summed E-state index contributed by atoms with van der Waals surface area (Å²) < 4.78 is 0. The number of piperazine rings is 1. The lowest BCUT2D eigenvalue weighted by molar-refractivity contribution is 0.180. The van der Waals surface area contributed by atoms with E-state index in [2.05, 4.69) is 58.6 Å². The second-order valence-electron chi connectivity index (χ2n) is 9.32. The van der Waals surface area contributed by atoms with Crippen molar-refractivity contribution < 1.29 is 5.11 Å². The van der Waals surface area contributed by atoms with Gasteiger partial charge in [-0.15, -0.1) is 0 Å². The minimum Gasteiger partial charge on any atom is -0.508 e. The number of hydrogen-bond acceptors (Lipinski definition) is 6. The SMILES string of the molecule is CC(C)C[C@H]1CN(Cc2cccc(-c3ccnc(NCCc4ccc(O)cc4)n3)c2)CCN1. The number of phenols is 1. The first-order valence-electron chi connectivity index (χ1n) is 11.9. The largest absolute Gasteiger partial charge is 0.508 e. The van der Waals surface area contributed by atoms with Crippen LogP contribution in [0.25, 0.3) is 11.3 Å². The van der Waals surface area contributed by atoms with Gasteiger partial charge in [0.25, 0.3) is 0 Å². The van der Waals surface area contributed by atoms with Crippen LogP contribution in [0.1, 0.15) is 31.4 Å². The molecule has 3 aromatic rings. The third-order valence-corrected chi connectivity index (χ3v) is 6.01. The van der Waals surface area contributed by atoms with E-state index in [-0.39, 0.29) is 5.75 Å².